The molecule has 2 heteroatoms. The van der Waals surface area contributed by atoms with E-state index < -0.39 is 0 Å². The molecule has 0 aromatic carbocycles. The van der Waals surface area contributed by atoms with Crippen molar-refractivity contribution >= 4 is 27.3 Å². The smallest absolute Gasteiger partial charge is 0.0117 e. The maximum atomic E-state index is 3.54. The minimum atomic E-state index is 0.668. The fraction of sp³-hybridized carbons (Fsp3) is 0.556. The van der Waals surface area contributed by atoms with Crippen LogP contribution in [-0.4, -0.2) is 4.83 Å². The Bertz CT molecular complexity index is 179. The summed E-state index contributed by atoms with van der Waals surface area (Å²) in [5.74, 6) is 0. The highest BCUT2D eigenvalue weighted by atomic mass is 79.9. The third-order valence-corrected chi connectivity index (χ3v) is 2.84. The maximum absolute atomic E-state index is 3.54. The van der Waals surface area contributed by atoms with Crippen LogP contribution in [0.2, 0.25) is 0 Å². The lowest BCUT2D eigenvalue weighted by Crippen LogP contribution is -1.91. The Balaban J connectivity index is 2.14. The van der Waals surface area contributed by atoms with E-state index in [2.05, 4.69) is 39.7 Å². The molecule has 0 amide bonds. The average molecular weight is 233 g/mol. The molecule has 0 N–H and O–H groups in total. The normalized spacial score (nSPS) is 13.3. The van der Waals surface area contributed by atoms with Gasteiger partial charge in [-0.3, -0.25) is 0 Å². The second kappa shape index (κ2) is 4.94. The van der Waals surface area contributed by atoms with Crippen LogP contribution in [0.5, 0.6) is 0 Å². The Kier molecular flexibility index (Phi) is 4.16. The molecule has 0 aliphatic rings. The SMILES string of the molecule is CC(Br)CCCc1ccsc1. The van der Waals surface area contributed by atoms with Gasteiger partial charge in [-0.15, -0.1) is 0 Å². The van der Waals surface area contributed by atoms with E-state index in [1.165, 1.54) is 24.8 Å². The van der Waals surface area contributed by atoms with E-state index in [1.807, 2.05) is 0 Å². The standard InChI is InChI=1S/C9H13BrS/c1-8(10)3-2-4-9-5-6-11-7-9/h5-8H,2-4H2,1H3. The zero-order valence-corrected chi connectivity index (χ0v) is 9.12. The molecule has 0 fully saturated rings. The van der Waals surface area contributed by atoms with Gasteiger partial charge in [0.25, 0.3) is 0 Å². The molecule has 1 rings (SSSR count). The molecule has 1 atom stereocenters. The highest BCUT2D eigenvalue weighted by Gasteiger charge is 1.96. The van der Waals surface area contributed by atoms with Gasteiger partial charge in [0.2, 0.25) is 0 Å². The van der Waals surface area contributed by atoms with Gasteiger partial charge in [0.1, 0.15) is 0 Å². The van der Waals surface area contributed by atoms with Crippen LogP contribution in [0.25, 0.3) is 0 Å². The Hall–Kier alpha value is 0.180. The number of hydrogen-bond donors (Lipinski definition) is 0. The summed E-state index contributed by atoms with van der Waals surface area (Å²) in [6.45, 7) is 2.20. The summed E-state index contributed by atoms with van der Waals surface area (Å²) in [6.07, 6.45) is 3.80. The van der Waals surface area contributed by atoms with Crippen LogP contribution in [-0.2, 0) is 6.42 Å². The lowest BCUT2D eigenvalue weighted by molar-refractivity contribution is 0.737. The van der Waals surface area contributed by atoms with Crippen molar-refractivity contribution in [3.8, 4) is 0 Å². The van der Waals surface area contributed by atoms with E-state index in [4.69, 9.17) is 0 Å². The van der Waals surface area contributed by atoms with Crippen LogP contribution < -0.4 is 0 Å². The van der Waals surface area contributed by atoms with Crippen LogP contribution in [0.1, 0.15) is 25.3 Å². The quantitative estimate of drug-likeness (QED) is 0.693. The number of thiophene rings is 1. The maximum Gasteiger partial charge on any atom is 0.0117 e. The number of alkyl halides is 1. The van der Waals surface area contributed by atoms with Crippen LogP contribution in [0.3, 0.4) is 0 Å². The van der Waals surface area contributed by atoms with Crippen LogP contribution in [0.4, 0.5) is 0 Å². The fourth-order valence-electron chi connectivity index (χ4n) is 1.02. The van der Waals surface area contributed by atoms with Gasteiger partial charge in [-0.1, -0.05) is 22.9 Å². The van der Waals surface area contributed by atoms with Gasteiger partial charge < -0.3 is 0 Å². The van der Waals surface area contributed by atoms with E-state index in [0.29, 0.717) is 4.83 Å². The fourth-order valence-corrected chi connectivity index (χ4v) is 2.05. The summed E-state index contributed by atoms with van der Waals surface area (Å²) in [5.41, 5.74) is 1.49. The van der Waals surface area contributed by atoms with Crippen molar-refractivity contribution in [2.45, 2.75) is 31.0 Å². The Morgan fingerprint density at radius 2 is 2.45 bits per heavy atom. The molecule has 0 radical (unpaired) electrons. The molecule has 1 heterocycles. The van der Waals surface area contributed by atoms with Gasteiger partial charge in [-0.2, -0.15) is 11.3 Å². The highest BCUT2D eigenvalue weighted by molar-refractivity contribution is 9.09. The summed E-state index contributed by atoms with van der Waals surface area (Å²) >= 11 is 5.33. The van der Waals surface area contributed by atoms with Gasteiger partial charge >= 0.3 is 0 Å². The first-order valence-corrected chi connectivity index (χ1v) is 5.80. The van der Waals surface area contributed by atoms with Gasteiger partial charge in [0.05, 0.1) is 0 Å². The summed E-state index contributed by atoms with van der Waals surface area (Å²) in [6, 6.07) is 2.21. The first kappa shape index (κ1) is 9.27. The molecule has 1 aromatic heterocycles. The monoisotopic (exact) mass is 232 g/mol. The average Bonchev–Trinajstić information content (AvgIpc) is 2.39. The van der Waals surface area contributed by atoms with Gasteiger partial charge in [-0.05, 0) is 41.7 Å². The Labute approximate surface area is 80.8 Å². The van der Waals surface area contributed by atoms with Gasteiger partial charge in [0.15, 0.2) is 0 Å². The Morgan fingerprint density at radius 3 is 3.00 bits per heavy atom. The molecule has 62 valence electrons. The molecule has 1 aromatic rings. The first-order valence-electron chi connectivity index (χ1n) is 3.94. The third-order valence-electron chi connectivity index (χ3n) is 1.65. The zero-order valence-electron chi connectivity index (χ0n) is 6.72. The predicted molar refractivity (Wildman–Crippen MR) is 55.6 cm³/mol. The summed E-state index contributed by atoms with van der Waals surface area (Å²) < 4.78 is 0. The second-order valence-electron chi connectivity index (χ2n) is 2.80. The first-order chi connectivity index (χ1) is 5.29. The molecule has 0 spiro atoms. The number of halogens is 1. The molecular weight excluding hydrogens is 220 g/mol. The van der Waals surface area contributed by atoms with Crippen molar-refractivity contribution in [2.24, 2.45) is 0 Å². The van der Waals surface area contributed by atoms with Crippen molar-refractivity contribution < 1.29 is 0 Å². The number of hydrogen-bond acceptors (Lipinski definition) is 1. The van der Waals surface area contributed by atoms with Gasteiger partial charge in [0, 0.05) is 4.83 Å². The predicted octanol–water partition coefficient (Wildman–Crippen LogP) is 3.85. The number of aryl methyl sites for hydroxylation is 1. The molecule has 0 nitrogen and oxygen atoms in total. The van der Waals surface area contributed by atoms with Crippen molar-refractivity contribution in [1.82, 2.24) is 0 Å². The van der Waals surface area contributed by atoms with Crippen LogP contribution in [0, 0.1) is 0 Å². The van der Waals surface area contributed by atoms with Crippen molar-refractivity contribution in [3.63, 3.8) is 0 Å². The summed E-state index contributed by atoms with van der Waals surface area (Å²) in [7, 11) is 0. The molecule has 0 bridgehead atoms. The summed E-state index contributed by atoms with van der Waals surface area (Å²) in [5, 5.41) is 4.38. The molecule has 11 heavy (non-hydrogen) atoms. The third kappa shape index (κ3) is 3.92. The largest absolute Gasteiger partial charge is 0.152 e. The summed E-state index contributed by atoms with van der Waals surface area (Å²) in [4.78, 5) is 0.668. The second-order valence-corrected chi connectivity index (χ2v) is 5.15. The van der Waals surface area contributed by atoms with E-state index in [0.717, 1.165) is 0 Å². The van der Waals surface area contributed by atoms with Crippen molar-refractivity contribution in [2.75, 3.05) is 0 Å². The lowest BCUT2D eigenvalue weighted by atomic mass is 10.1. The van der Waals surface area contributed by atoms with Crippen molar-refractivity contribution in [3.05, 3.63) is 22.4 Å². The van der Waals surface area contributed by atoms with Crippen LogP contribution in [0.15, 0.2) is 16.8 Å². The van der Waals surface area contributed by atoms with Gasteiger partial charge in [-0.25, -0.2) is 0 Å². The van der Waals surface area contributed by atoms with Crippen LogP contribution >= 0.6 is 27.3 Å². The molecule has 0 aliphatic heterocycles. The minimum Gasteiger partial charge on any atom is -0.152 e. The molecule has 0 saturated heterocycles. The van der Waals surface area contributed by atoms with E-state index in [9.17, 15) is 0 Å². The molecule has 1 unspecified atom stereocenters. The number of rotatable bonds is 4. The Morgan fingerprint density at radius 1 is 1.64 bits per heavy atom. The molecule has 0 aliphatic carbocycles. The topological polar surface area (TPSA) is 0 Å². The van der Waals surface area contributed by atoms with E-state index >= 15 is 0 Å². The zero-order chi connectivity index (χ0) is 8.10. The lowest BCUT2D eigenvalue weighted by Gasteiger charge is -2.00. The van der Waals surface area contributed by atoms with Crippen molar-refractivity contribution in [1.29, 1.82) is 0 Å². The minimum absolute atomic E-state index is 0.668. The molecular formula is C9H13BrS. The van der Waals surface area contributed by atoms with E-state index in [1.54, 1.807) is 11.3 Å². The van der Waals surface area contributed by atoms with E-state index in [-0.39, 0.29) is 0 Å². The molecule has 0 saturated carbocycles. The highest BCUT2D eigenvalue weighted by Crippen LogP contribution is 2.12.